The number of nitrogens with zero attached hydrogens (tertiary/aromatic N) is 1. The van der Waals surface area contributed by atoms with Crippen LogP contribution >= 0.6 is 0 Å². The number of benzene rings is 4. The van der Waals surface area contributed by atoms with E-state index in [1.54, 1.807) is 19.2 Å². The number of rotatable bonds is 8. The molecule has 200 valence electrons. The standard InChI is InChI=1S/C31H29N3O4.CH4/c1-21(35)32-25-13-15-26(16-14-25)38-20-24-18-23(12-17-29(24)37-2)30-33-28-11-7-6-10-27(28)31(36)34(30)19-22-8-4-3-5-9-22;/h3-18,30,33H,19-20H2,1-2H3,(H,32,35);1H4. The van der Waals surface area contributed by atoms with Gasteiger partial charge in [-0.25, -0.2) is 0 Å². The fourth-order valence-corrected chi connectivity index (χ4v) is 4.58. The van der Waals surface area contributed by atoms with E-state index in [1.807, 2.05) is 89.8 Å². The molecule has 4 aromatic carbocycles. The Hall–Kier alpha value is -4.78. The summed E-state index contributed by atoms with van der Waals surface area (Å²) in [6.45, 7) is 2.20. The van der Waals surface area contributed by atoms with Gasteiger partial charge in [-0.05, 0) is 59.7 Å². The Labute approximate surface area is 229 Å². The summed E-state index contributed by atoms with van der Waals surface area (Å²) in [5, 5.41) is 6.31. The van der Waals surface area contributed by atoms with Crippen molar-refractivity contribution in [1.82, 2.24) is 4.90 Å². The smallest absolute Gasteiger partial charge is 0.258 e. The van der Waals surface area contributed by atoms with Crippen molar-refractivity contribution >= 4 is 23.2 Å². The number of anilines is 2. The predicted molar refractivity (Wildman–Crippen MR) is 154 cm³/mol. The third-order valence-corrected chi connectivity index (χ3v) is 6.41. The topological polar surface area (TPSA) is 79.9 Å². The predicted octanol–water partition coefficient (Wildman–Crippen LogP) is 6.64. The Morgan fingerprint density at radius 2 is 1.67 bits per heavy atom. The summed E-state index contributed by atoms with van der Waals surface area (Å²) in [5.74, 6) is 1.21. The second-order valence-corrected chi connectivity index (χ2v) is 9.08. The van der Waals surface area contributed by atoms with Crippen molar-refractivity contribution in [2.75, 3.05) is 17.7 Å². The Bertz CT molecular complexity index is 1440. The van der Waals surface area contributed by atoms with Crippen molar-refractivity contribution in [2.45, 2.75) is 33.7 Å². The van der Waals surface area contributed by atoms with Crippen LogP contribution in [-0.4, -0.2) is 23.8 Å². The largest absolute Gasteiger partial charge is 0.496 e. The van der Waals surface area contributed by atoms with Gasteiger partial charge in [0.05, 0.1) is 12.7 Å². The minimum absolute atomic E-state index is 0. The first kappa shape index (κ1) is 27.3. The first-order valence-electron chi connectivity index (χ1n) is 12.4. The number of para-hydroxylation sites is 1. The average Bonchev–Trinajstić information content (AvgIpc) is 2.94. The van der Waals surface area contributed by atoms with Crippen molar-refractivity contribution in [2.24, 2.45) is 0 Å². The van der Waals surface area contributed by atoms with E-state index in [1.165, 1.54) is 6.92 Å². The molecule has 4 aromatic rings. The van der Waals surface area contributed by atoms with Crippen LogP contribution in [0.25, 0.3) is 0 Å². The van der Waals surface area contributed by atoms with Crippen LogP contribution in [0.2, 0.25) is 0 Å². The van der Waals surface area contributed by atoms with Crippen LogP contribution in [0, 0.1) is 0 Å². The summed E-state index contributed by atoms with van der Waals surface area (Å²) >= 11 is 0. The number of amides is 2. The van der Waals surface area contributed by atoms with Crippen LogP contribution in [0.5, 0.6) is 11.5 Å². The molecule has 0 spiro atoms. The molecule has 0 fully saturated rings. The molecule has 5 rings (SSSR count). The molecule has 1 heterocycles. The van der Waals surface area contributed by atoms with Gasteiger partial charge in [-0.2, -0.15) is 0 Å². The van der Waals surface area contributed by atoms with Gasteiger partial charge < -0.3 is 25.0 Å². The van der Waals surface area contributed by atoms with Gasteiger partial charge in [-0.1, -0.05) is 56.0 Å². The molecule has 0 saturated heterocycles. The molecule has 2 N–H and O–H groups in total. The van der Waals surface area contributed by atoms with Crippen LogP contribution < -0.4 is 20.1 Å². The van der Waals surface area contributed by atoms with E-state index in [-0.39, 0.29) is 32.0 Å². The molecule has 0 aromatic heterocycles. The average molecular weight is 524 g/mol. The van der Waals surface area contributed by atoms with E-state index in [2.05, 4.69) is 10.6 Å². The lowest BCUT2D eigenvalue weighted by atomic mass is 10.0. The second-order valence-electron chi connectivity index (χ2n) is 9.08. The third-order valence-electron chi connectivity index (χ3n) is 6.41. The molecule has 1 aliphatic rings. The summed E-state index contributed by atoms with van der Waals surface area (Å²) in [6, 6.07) is 30.6. The molecule has 39 heavy (non-hydrogen) atoms. The highest BCUT2D eigenvalue weighted by molar-refractivity contribution is 6.01. The summed E-state index contributed by atoms with van der Waals surface area (Å²) in [7, 11) is 1.63. The van der Waals surface area contributed by atoms with Gasteiger partial charge in [-0.3, -0.25) is 9.59 Å². The zero-order chi connectivity index (χ0) is 26.5. The molecule has 7 heteroatoms. The maximum Gasteiger partial charge on any atom is 0.258 e. The van der Waals surface area contributed by atoms with E-state index in [4.69, 9.17) is 9.47 Å². The van der Waals surface area contributed by atoms with E-state index >= 15 is 0 Å². The lowest BCUT2D eigenvalue weighted by Crippen LogP contribution is -2.42. The fraction of sp³-hybridized carbons (Fsp3) is 0.188. The van der Waals surface area contributed by atoms with Crippen LogP contribution in [0.1, 0.15) is 47.6 Å². The summed E-state index contributed by atoms with van der Waals surface area (Å²) in [6.07, 6.45) is -0.376. The van der Waals surface area contributed by atoms with Gasteiger partial charge in [0.15, 0.2) is 0 Å². The lowest BCUT2D eigenvalue weighted by molar-refractivity contribution is -0.114. The maximum absolute atomic E-state index is 13.6. The second kappa shape index (κ2) is 12.2. The molecule has 2 amide bonds. The number of carbonyl (C=O) groups is 2. The Kier molecular flexibility index (Phi) is 8.51. The first-order valence-corrected chi connectivity index (χ1v) is 12.4. The molecular formula is C32H33N3O4. The van der Waals surface area contributed by atoms with Gasteiger partial charge in [0.1, 0.15) is 24.3 Å². The Balaban J connectivity index is 0.00000353. The fourth-order valence-electron chi connectivity index (χ4n) is 4.58. The summed E-state index contributed by atoms with van der Waals surface area (Å²) in [5.41, 5.74) is 4.98. The maximum atomic E-state index is 13.6. The Morgan fingerprint density at radius 3 is 2.38 bits per heavy atom. The lowest BCUT2D eigenvalue weighted by Gasteiger charge is -2.38. The van der Waals surface area contributed by atoms with Crippen molar-refractivity contribution in [3.8, 4) is 11.5 Å². The normalized spacial score (nSPS) is 13.9. The number of ether oxygens (including phenoxy) is 2. The molecule has 1 atom stereocenters. The minimum Gasteiger partial charge on any atom is -0.496 e. The van der Waals surface area contributed by atoms with Crippen LogP contribution in [0.4, 0.5) is 11.4 Å². The number of fused-ring (bicyclic) bond motifs is 1. The quantitative estimate of drug-likeness (QED) is 0.271. The number of hydrogen-bond acceptors (Lipinski definition) is 5. The van der Waals surface area contributed by atoms with Crippen molar-refractivity contribution in [1.29, 1.82) is 0 Å². The van der Waals surface area contributed by atoms with E-state index < -0.39 is 0 Å². The SMILES string of the molecule is C.COc1ccc(C2Nc3ccccc3C(=O)N2Cc2ccccc2)cc1COc1ccc(NC(C)=O)cc1. The number of hydrogen-bond donors (Lipinski definition) is 2. The van der Waals surface area contributed by atoms with Crippen molar-refractivity contribution in [3.05, 3.63) is 119 Å². The zero-order valence-corrected chi connectivity index (χ0v) is 21.3. The van der Waals surface area contributed by atoms with Gasteiger partial charge in [0, 0.05) is 30.4 Å². The molecule has 0 aliphatic carbocycles. The highest BCUT2D eigenvalue weighted by Crippen LogP contribution is 2.36. The van der Waals surface area contributed by atoms with E-state index in [9.17, 15) is 9.59 Å². The van der Waals surface area contributed by atoms with Crippen LogP contribution in [-0.2, 0) is 17.9 Å². The van der Waals surface area contributed by atoms with E-state index in [0.29, 0.717) is 29.3 Å². The van der Waals surface area contributed by atoms with Gasteiger partial charge in [0.25, 0.3) is 5.91 Å². The molecule has 1 unspecified atom stereocenters. The van der Waals surface area contributed by atoms with Crippen LogP contribution in [0.3, 0.4) is 0 Å². The van der Waals surface area contributed by atoms with Crippen LogP contribution in [0.15, 0.2) is 97.1 Å². The van der Waals surface area contributed by atoms with Gasteiger partial charge in [0.2, 0.25) is 5.91 Å². The molecule has 0 bridgehead atoms. The highest BCUT2D eigenvalue weighted by Gasteiger charge is 2.33. The number of methoxy groups -OCH3 is 1. The molecular weight excluding hydrogens is 490 g/mol. The highest BCUT2D eigenvalue weighted by atomic mass is 16.5. The zero-order valence-electron chi connectivity index (χ0n) is 21.3. The molecule has 0 saturated carbocycles. The first-order chi connectivity index (χ1) is 18.5. The Morgan fingerprint density at radius 1 is 0.949 bits per heavy atom. The monoisotopic (exact) mass is 523 g/mol. The number of nitrogens with one attached hydrogen (secondary N) is 2. The van der Waals surface area contributed by atoms with Gasteiger partial charge >= 0.3 is 0 Å². The third kappa shape index (κ3) is 6.21. The van der Waals surface area contributed by atoms with Gasteiger partial charge in [-0.15, -0.1) is 0 Å². The van der Waals surface area contributed by atoms with Crippen molar-refractivity contribution < 1.29 is 19.1 Å². The molecule has 0 radical (unpaired) electrons. The molecule has 1 aliphatic heterocycles. The van der Waals surface area contributed by atoms with Crippen molar-refractivity contribution in [3.63, 3.8) is 0 Å². The molecule has 7 nitrogen and oxygen atoms in total. The minimum atomic E-state index is -0.376. The number of carbonyl (C=O) groups excluding carboxylic acids is 2. The summed E-state index contributed by atoms with van der Waals surface area (Å²) in [4.78, 5) is 26.8. The summed E-state index contributed by atoms with van der Waals surface area (Å²) < 4.78 is 11.7. The van der Waals surface area contributed by atoms with E-state index in [0.717, 1.165) is 22.4 Å².